The molecule has 3 amide bonds. The summed E-state index contributed by atoms with van der Waals surface area (Å²) in [5.74, 6) is 0.00432. The average molecular weight is 419 g/mol. The number of ether oxygens (including phenoxy) is 2. The van der Waals surface area contributed by atoms with Crippen molar-refractivity contribution >= 4 is 17.6 Å². The Morgan fingerprint density at radius 3 is 2.57 bits per heavy atom. The second-order valence-electron chi connectivity index (χ2n) is 6.75. The molecule has 1 aliphatic rings. The van der Waals surface area contributed by atoms with Crippen molar-refractivity contribution in [2.45, 2.75) is 26.0 Å². The maximum absolute atomic E-state index is 12.5. The van der Waals surface area contributed by atoms with Crippen LogP contribution in [0.25, 0.3) is 0 Å². The minimum Gasteiger partial charge on any atom is -0.493 e. The van der Waals surface area contributed by atoms with Crippen LogP contribution in [0.4, 0.5) is 19.3 Å². The Morgan fingerprint density at radius 2 is 1.87 bits per heavy atom. The molecule has 9 heteroatoms. The molecule has 1 saturated heterocycles. The van der Waals surface area contributed by atoms with Crippen LogP contribution in [-0.4, -0.2) is 43.6 Å². The van der Waals surface area contributed by atoms with Crippen molar-refractivity contribution in [2.24, 2.45) is 0 Å². The highest BCUT2D eigenvalue weighted by Crippen LogP contribution is 2.29. The van der Waals surface area contributed by atoms with Gasteiger partial charge in [0.2, 0.25) is 0 Å². The normalized spacial score (nSPS) is 13.3. The van der Waals surface area contributed by atoms with Gasteiger partial charge in [-0.25, -0.2) is 4.79 Å². The van der Waals surface area contributed by atoms with Gasteiger partial charge in [-0.3, -0.25) is 4.79 Å². The van der Waals surface area contributed by atoms with E-state index in [1.54, 1.807) is 35.2 Å². The maximum Gasteiger partial charge on any atom is 0.387 e. The second kappa shape index (κ2) is 9.91. The van der Waals surface area contributed by atoms with E-state index in [9.17, 15) is 18.4 Å². The van der Waals surface area contributed by atoms with Crippen molar-refractivity contribution in [3.05, 3.63) is 53.6 Å². The van der Waals surface area contributed by atoms with Crippen molar-refractivity contribution in [2.75, 3.05) is 25.5 Å². The standard InChI is InChI=1S/C21H23F2N3O4/c1-29-17-8-7-14(11-18(17)30-20(22)23)13-24-21(28)25-16-6-4-5-15(12-16)19(27)26-9-2-3-10-26/h4-8,11-12,20H,2-3,9-10,13H2,1H3,(H2,24,25,28). The van der Waals surface area contributed by atoms with Crippen LogP contribution in [0.5, 0.6) is 11.5 Å². The largest absolute Gasteiger partial charge is 0.493 e. The number of rotatable bonds is 7. The van der Waals surface area contributed by atoms with E-state index in [1.807, 2.05) is 0 Å². The molecule has 3 rings (SSSR count). The number of amides is 3. The predicted octanol–water partition coefficient (Wildman–Crippen LogP) is 3.85. The molecule has 0 aliphatic carbocycles. The fourth-order valence-corrected chi connectivity index (χ4v) is 3.21. The first-order valence-corrected chi connectivity index (χ1v) is 9.52. The molecule has 30 heavy (non-hydrogen) atoms. The van der Waals surface area contributed by atoms with Gasteiger partial charge in [0.25, 0.3) is 5.91 Å². The molecule has 0 atom stereocenters. The van der Waals surface area contributed by atoms with Crippen LogP contribution < -0.4 is 20.1 Å². The predicted molar refractivity (Wildman–Crippen MR) is 107 cm³/mol. The molecule has 2 aromatic carbocycles. The van der Waals surface area contributed by atoms with Gasteiger partial charge in [-0.05, 0) is 48.7 Å². The number of nitrogens with zero attached hydrogens (tertiary/aromatic N) is 1. The zero-order valence-electron chi connectivity index (χ0n) is 16.5. The first kappa shape index (κ1) is 21.4. The Morgan fingerprint density at radius 1 is 1.10 bits per heavy atom. The zero-order chi connectivity index (χ0) is 21.5. The number of anilines is 1. The molecule has 0 aromatic heterocycles. The molecule has 7 nitrogen and oxygen atoms in total. The van der Waals surface area contributed by atoms with Crippen LogP contribution in [0.15, 0.2) is 42.5 Å². The van der Waals surface area contributed by atoms with E-state index in [0.717, 1.165) is 25.9 Å². The third-order valence-corrected chi connectivity index (χ3v) is 4.66. The van der Waals surface area contributed by atoms with Crippen molar-refractivity contribution < 1.29 is 27.8 Å². The van der Waals surface area contributed by atoms with Gasteiger partial charge in [0.1, 0.15) is 0 Å². The monoisotopic (exact) mass is 419 g/mol. The summed E-state index contributed by atoms with van der Waals surface area (Å²) in [4.78, 5) is 26.5. The molecule has 160 valence electrons. The van der Waals surface area contributed by atoms with Crippen molar-refractivity contribution in [1.82, 2.24) is 10.2 Å². The summed E-state index contributed by atoms with van der Waals surface area (Å²) in [5, 5.41) is 5.31. The Balaban J connectivity index is 1.58. The minimum atomic E-state index is -2.99. The summed E-state index contributed by atoms with van der Waals surface area (Å²) < 4.78 is 34.5. The Hall–Kier alpha value is -3.36. The van der Waals surface area contributed by atoms with Gasteiger partial charge in [0.05, 0.1) is 7.11 Å². The summed E-state index contributed by atoms with van der Waals surface area (Å²) in [6.45, 7) is -1.41. The summed E-state index contributed by atoms with van der Waals surface area (Å²) in [6.07, 6.45) is 2.00. The Kier molecular flexibility index (Phi) is 7.05. The Bertz CT molecular complexity index is 902. The zero-order valence-corrected chi connectivity index (χ0v) is 16.5. The molecule has 0 saturated carbocycles. The number of nitrogens with one attached hydrogen (secondary N) is 2. The lowest BCUT2D eigenvalue weighted by molar-refractivity contribution is -0.0512. The van der Waals surface area contributed by atoms with Gasteiger partial charge < -0.3 is 25.0 Å². The minimum absolute atomic E-state index is 0.0543. The first-order valence-electron chi connectivity index (χ1n) is 9.52. The summed E-state index contributed by atoms with van der Waals surface area (Å²) in [6, 6.07) is 10.7. The molecule has 1 aliphatic heterocycles. The number of carbonyl (C=O) groups is 2. The number of urea groups is 1. The van der Waals surface area contributed by atoms with Gasteiger partial charge in [-0.15, -0.1) is 0 Å². The van der Waals surface area contributed by atoms with Crippen molar-refractivity contribution in [1.29, 1.82) is 0 Å². The number of hydrogen-bond acceptors (Lipinski definition) is 4. The third kappa shape index (κ3) is 5.59. The summed E-state index contributed by atoms with van der Waals surface area (Å²) in [5.41, 5.74) is 1.55. The lowest BCUT2D eigenvalue weighted by Crippen LogP contribution is -2.29. The second-order valence-corrected chi connectivity index (χ2v) is 6.75. The van der Waals surface area contributed by atoms with Gasteiger partial charge in [0.15, 0.2) is 11.5 Å². The van der Waals surface area contributed by atoms with E-state index in [4.69, 9.17) is 4.74 Å². The lowest BCUT2D eigenvalue weighted by atomic mass is 10.1. The van der Waals surface area contributed by atoms with Gasteiger partial charge in [0, 0.05) is 30.9 Å². The number of carbonyl (C=O) groups excluding carboxylic acids is 2. The molecule has 2 aromatic rings. The molecule has 2 N–H and O–H groups in total. The highest BCUT2D eigenvalue weighted by atomic mass is 19.3. The van der Waals surface area contributed by atoms with Crippen LogP contribution in [0.1, 0.15) is 28.8 Å². The van der Waals surface area contributed by atoms with Crippen LogP contribution in [0, 0.1) is 0 Å². The van der Waals surface area contributed by atoms with Crippen LogP contribution >= 0.6 is 0 Å². The summed E-state index contributed by atoms with van der Waals surface area (Å²) in [7, 11) is 1.35. The van der Waals surface area contributed by atoms with Crippen LogP contribution in [-0.2, 0) is 6.54 Å². The lowest BCUT2D eigenvalue weighted by Gasteiger charge is -2.16. The van der Waals surface area contributed by atoms with Crippen molar-refractivity contribution in [3.63, 3.8) is 0 Å². The van der Waals surface area contributed by atoms with E-state index in [2.05, 4.69) is 15.4 Å². The number of benzene rings is 2. The molecule has 0 spiro atoms. The van der Waals surface area contributed by atoms with E-state index < -0.39 is 12.6 Å². The number of methoxy groups -OCH3 is 1. The number of alkyl halides is 2. The SMILES string of the molecule is COc1ccc(CNC(=O)Nc2cccc(C(=O)N3CCCC3)c2)cc1OC(F)F. The van der Waals surface area contributed by atoms with Crippen molar-refractivity contribution in [3.8, 4) is 11.5 Å². The molecular formula is C21H23F2N3O4. The molecular weight excluding hydrogens is 396 g/mol. The van der Waals surface area contributed by atoms with E-state index in [0.29, 0.717) is 16.8 Å². The number of likely N-dealkylation sites (tertiary alicyclic amines) is 1. The smallest absolute Gasteiger partial charge is 0.387 e. The summed E-state index contributed by atoms with van der Waals surface area (Å²) >= 11 is 0. The quantitative estimate of drug-likeness (QED) is 0.714. The van der Waals surface area contributed by atoms with Crippen LogP contribution in [0.3, 0.4) is 0 Å². The highest BCUT2D eigenvalue weighted by molar-refractivity contribution is 5.97. The number of hydrogen-bond donors (Lipinski definition) is 2. The van der Waals surface area contributed by atoms with E-state index in [-0.39, 0.29) is 24.0 Å². The fourth-order valence-electron chi connectivity index (χ4n) is 3.21. The maximum atomic E-state index is 12.5. The van der Waals surface area contributed by atoms with Gasteiger partial charge in [-0.2, -0.15) is 8.78 Å². The fraction of sp³-hybridized carbons (Fsp3) is 0.333. The Labute approximate surface area is 173 Å². The highest BCUT2D eigenvalue weighted by Gasteiger charge is 2.19. The molecule has 1 heterocycles. The topological polar surface area (TPSA) is 79.9 Å². The van der Waals surface area contributed by atoms with Crippen LogP contribution in [0.2, 0.25) is 0 Å². The van der Waals surface area contributed by atoms with Gasteiger partial charge in [-0.1, -0.05) is 12.1 Å². The third-order valence-electron chi connectivity index (χ3n) is 4.66. The molecule has 1 fully saturated rings. The molecule has 0 radical (unpaired) electrons. The molecule has 0 unspecified atom stereocenters. The average Bonchev–Trinajstić information content (AvgIpc) is 3.26. The first-order chi connectivity index (χ1) is 14.5. The van der Waals surface area contributed by atoms with E-state index in [1.165, 1.54) is 19.2 Å². The van der Waals surface area contributed by atoms with E-state index >= 15 is 0 Å². The molecule has 0 bridgehead atoms. The van der Waals surface area contributed by atoms with Gasteiger partial charge >= 0.3 is 12.6 Å². The number of halogens is 2.